The molecule has 2 nitrogen and oxygen atoms in total. The second kappa shape index (κ2) is 4.57. The SMILES string of the molecule is CCC(=O)C(C#N)c1cccc(C)c1. The first-order valence-corrected chi connectivity index (χ1v) is 4.68. The smallest absolute Gasteiger partial charge is 0.154 e. The van der Waals surface area contributed by atoms with Crippen LogP contribution in [0.1, 0.15) is 30.4 Å². The lowest BCUT2D eigenvalue weighted by Gasteiger charge is -2.07. The number of carbonyl (C=O) groups excluding carboxylic acids is 1. The number of nitrogens with zero attached hydrogens (tertiary/aromatic N) is 1. The number of ketones is 1. The molecule has 0 saturated heterocycles. The lowest BCUT2D eigenvalue weighted by Crippen LogP contribution is -2.09. The predicted octanol–water partition coefficient (Wildman–Crippen LogP) is 2.58. The summed E-state index contributed by atoms with van der Waals surface area (Å²) >= 11 is 0. The van der Waals surface area contributed by atoms with Crippen LogP contribution in [0.3, 0.4) is 0 Å². The van der Waals surface area contributed by atoms with Gasteiger partial charge in [0.15, 0.2) is 5.78 Å². The summed E-state index contributed by atoms with van der Waals surface area (Å²) in [6, 6.07) is 9.59. The number of hydrogen-bond acceptors (Lipinski definition) is 2. The van der Waals surface area contributed by atoms with E-state index in [0.29, 0.717) is 6.42 Å². The Balaban J connectivity index is 3.02. The van der Waals surface area contributed by atoms with Crippen molar-refractivity contribution in [2.24, 2.45) is 0 Å². The van der Waals surface area contributed by atoms with E-state index in [-0.39, 0.29) is 5.78 Å². The van der Waals surface area contributed by atoms with Gasteiger partial charge in [-0.1, -0.05) is 36.8 Å². The fourth-order valence-electron chi connectivity index (χ4n) is 1.39. The highest BCUT2D eigenvalue weighted by molar-refractivity contribution is 5.88. The monoisotopic (exact) mass is 187 g/mol. The Morgan fingerprint density at radius 1 is 1.57 bits per heavy atom. The molecule has 1 aromatic carbocycles. The van der Waals surface area contributed by atoms with Crippen LogP contribution in [-0.4, -0.2) is 5.78 Å². The summed E-state index contributed by atoms with van der Waals surface area (Å²) in [5.41, 5.74) is 1.88. The number of rotatable bonds is 3. The highest BCUT2D eigenvalue weighted by Gasteiger charge is 2.17. The van der Waals surface area contributed by atoms with Crippen molar-refractivity contribution in [3.63, 3.8) is 0 Å². The molecule has 1 aromatic rings. The minimum Gasteiger partial charge on any atom is -0.298 e. The van der Waals surface area contributed by atoms with Crippen molar-refractivity contribution in [3.05, 3.63) is 35.4 Å². The van der Waals surface area contributed by atoms with E-state index in [9.17, 15) is 4.79 Å². The van der Waals surface area contributed by atoms with Gasteiger partial charge in [-0.2, -0.15) is 5.26 Å². The van der Waals surface area contributed by atoms with Gasteiger partial charge in [-0.05, 0) is 12.5 Å². The normalized spacial score (nSPS) is 11.8. The molecule has 0 aliphatic heterocycles. The van der Waals surface area contributed by atoms with Gasteiger partial charge in [-0.25, -0.2) is 0 Å². The van der Waals surface area contributed by atoms with Crippen molar-refractivity contribution < 1.29 is 4.79 Å². The summed E-state index contributed by atoms with van der Waals surface area (Å²) in [6.07, 6.45) is 0.409. The zero-order chi connectivity index (χ0) is 10.6. The fraction of sp³-hybridized carbons (Fsp3) is 0.333. The molecule has 0 saturated carbocycles. The zero-order valence-corrected chi connectivity index (χ0v) is 8.45. The Kier molecular flexibility index (Phi) is 3.41. The number of nitriles is 1. The first-order valence-electron chi connectivity index (χ1n) is 4.68. The van der Waals surface area contributed by atoms with Crippen molar-refractivity contribution in [3.8, 4) is 6.07 Å². The number of aryl methyl sites for hydroxylation is 1. The first-order chi connectivity index (χ1) is 6.69. The quantitative estimate of drug-likeness (QED) is 0.729. The van der Waals surface area contributed by atoms with Crippen molar-refractivity contribution in [1.29, 1.82) is 5.26 Å². The largest absolute Gasteiger partial charge is 0.298 e. The lowest BCUT2D eigenvalue weighted by atomic mass is 9.94. The van der Waals surface area contributed by atoms with Gasteiger partial charge < -0.3 is 0 Å². The Hall–Kier alpha value is -1.62. The van der Waals surface area contributed by atoms with Crippen LogP contribution in [0, 0.1) is 18.3 Å². The molecule has 1 atom stereocenters. The Bertz CT molecular complexity index is 376. The van der Waals surface area contributed by atoms with Crippen molar-refractivity contribution in [1.82, 2.24) is 0 Å². The molecule has 0 fully saturated rings. The molecular weight excluding hydrogens is 174 g/mol. The van der Waals surface area contributed by atoms with E-state index in [1.807, 2.05) is 37.3 Å². The molecule has 0 aromatic heterocycles. The van der Waals surface area contributed by atoms with E-state index >= 15 is 0 Å². The Morgan fingerprint density at radius 2 is 2.29 bits per heavy atom. The number of hydrogen-bond donors (Lipinski definition) is 0. The van der Waals surface area contributed by atoms with E-state index < -0.39 is 5.92 Å². The van der Waals surface area contributed by atoms with Gasteiger partial charge in [0.25, 0.3) is 0 Å². The van der Waals surface area contributed by atoms with Gasteiger partial charge in [0.2, 0.25) is 0 Å². The highest BCUT2D eigenvalue weighted by atomic mass is 16.1. The van der Waals surface area contributed by atoms with Gasteiger partial charge in [0.05, 0.1) is 6.07 Å². The maximum Gasteiger partial charge on any atom is 0.154 e. The molecule has 2 heteroatoms. The Labute approximate surface area is 84.2 Å². The second-order valence-electron chi connectivity index (χ2n) is 3.30. The van der Waals surface area contributed by atoms with Gasteiger partial charge in [-0.15, -0.1) is 0 Å². The van der Waals surface area contributed by atoms with Crippen LogP contribution < -0.4 is 0 Å². The van der Waals surface area contributed by atoms with Crippen LogP contribution in [0.15, 0.2) is 24.3 Å². The molecule has 0 spiro atoms. The molecule has 1 unspecified atom stereocenters. The zero-order valence-electron chi connectivity index (χ0n) is 8.45. The summed E-state index contributed by atoms with van der Waals surface area (Å²) in [6.45, 7) is 3.73. The minimum atomic E-state index is -0.597. The summed E-state index contributed by atoms with van der Waals surface area (Å²) in [7, 11) is 0. The molecule has 0 bridgehead atoms. The first kappa shape index (κ1) is 10.5. The molecule has 1 rings (SSSR count). The third-order valence-corrected chi connectivity index (χ3v) is 2.17. The van der Waals surface area contributed by atoms with Crippen LogP contribution in [0.4, 0.5) is 0 Å². The maximum atomic E-state index is 11.4. The number of carbonyl (C=O) groups is 1. The van der Waals surface area contributed by atoms with Crippen LogP contribution >= 0.6 is 0 Å². The third-order valence-electron chi connectivity index (χ3n) is 2.17. The van der Waals surface area contributed by atoms with Gasteiger partial charge >= 0.3 is 0 Å². The summed E-state index contributed by atoms with van der Waals surface area (Å²) in [4.78, 5) is 11.4. The van der Waals surface area contributed by atoms with E-state index in [1.54, 1.807) is 6.92 Å². The van der Waals surface area contributed by atoms with Crippen LogP contribution in [0.2, 0.25) is 0 Å². The predicted molar refractivity (Wildman–Crippen MR) is 54.8 cm³/mol. The fourth-order valence-corrected chi connectivity index (χ4v) is 1.39. The molecule has 0 amide bonds. The van der Waals surface area contributed by atoms with Crippen LogP contribution in [0.25, 0.3) is 0 Å². The summed E-state index contributed by atoms with van der Waals surface area (Å²) in [5.74, 6) is -0.613. The van der Waals surface area contributed by atoms with Gasteiger partial charge in [0.1, 0.15) is 5.92 Å². The van der Waals surface area contributed by atoms with Gasteiger partial charge in [-0.3, -0.25) is 4.79 Å². The van der Waals surface area contributed by atoms with E-state index in [0.717, 1.165) is 11.1 Å². The molecule has 72 valence electrons. The van der Waals surface area contributed by atoms with E-state index in [4.69, 9.17) is 5.26 Å². The van der Waals surface area contributed by atoms with Gasteiger partial charge in [0, 0.05) is 6.42 Å². The maximum absolute atomic E-state index is 11.4. The van der Waals surface area contributed by atoms with E-state index in [1.165, 1.54) is 0 Å². The lowest BCUT2D eigenvalue weighted by molar-refractivity contribution is -0.119. The molecule has 0 aliphatic rings. The topological polar surface area (TPSA) is 40.9 Å². The minimum absolute atomic E-state index is 0.0156. The Morgan fingerprint density at radius 3 is 2.79 bits per heavy atom. The van der Waals surface area contributed by atoms with Crippen molar-refractivity contribution in [2.75, 3.05) is 0 Å². The standard InChI is InChI=1S/C12H13NO/c1-3-12(14)11(8-13)10-6-4-5-9(2)7-10/h4-7,11H,3H2,1-2H3. The van der Waals surface area contributed by atoms with Crippen molar-refractivity contribution in [2.45, 2.75) is 26.2 Å². The second-order valence-corrected chi connectivity index (χ2v) is 3.30. The van der Waals surface area contributed by atoms with Crippen LogP contribution in [0.5, 0.6) is 0 Å². The van der Waals surface area contributed by atoms with Crippen molar-refractivity contribution >= 4 is 5.78 Å². The molecule has 0 heterocycles. The molecular formula is C12H13NO. The average molecular weight is 187 g/mol. The average Bonchev–Trinajstić information content (AvgIpc) is 2.19. The molecule has 0 radical (unpaired) electrons. The number of Topliss-reactive ketones (excluding diaryl/α,β-unsaturated/α-hetero) is 1. The molecule has 0 aliphatic carbocycles. The summed E-state index contributed by atoms with van der Waals surface area (Å²) < 4.78 is 0. The molecule has 14 heavy (non-hydrogen) atoms. The van der Waals surface area contributed by atoms with Crippen LogP contribution in [-0.2, 0) is 4.79 Å². The van der Waals surface area contributed by atoms with E-state index in [2.05, 4.69) is 0 Å². The third kappa shape index (κ3) is 2.20. The molecule has 0 N–H and O–H groups in total. The summed E-state index contributed by atoms with van der Waals surface area (Å²) in [5, 5.41) is 8.90. The highest BCUT2D eigenvalue weighted by Crippen LogP contribution is 2.18. The number of benzene rings is 1.